The van der Waals surface area contributed by atoms with Crippen molar-refractivity contribution in [2.45, 2.75) is 49.1 Å². The first kappa shape index (κ1) is 69.4. The van der Waals surface area contributed by atoms with Gasteiger partial charge in [0.25, 0.3) is 0 Å². The summed E-state index contributed by atoms with van der Waals surface area (Å²) in [7, 11) is 4.26. The number of nitrogens with one attached hydrogen (secondary N) is 3. The van der Waals surface area contributed by atoms with E-state index in [-0.39, 0.29) is 74.3 Å². The number of halogens is 3. The number of aliphatic hydroxyl groups is 3. The van der Waals surface area contributed by atoms with E-state index in [1.165, 1.54) is 62.1 Å². The molecule has 41 heteroatoms. The number of fused-ring (bicyclic) bond motifs is 5. The molecule has 2 saturated heterocycles. The normalized spacial score (nSPS) is 18.3. The van der Waals surface area contributed by atoms with E-state index >= 15 is 0 Å². The Morgan fingerprint density at radius 1 is 0.490 bits per heavy atom. The van der Waals surface area contributed by atoms with Crippen LogP contribution in [0.1, 0.15) is 43.5 Å². The van der Waals surface area contributed by atoms with Gasteiger partial charge in [-0.15, -0.1) is 0 Å². The fourth-order valence-electron chi connectivity index (χ4n) is 9.71. The number of anilines is 4. The molecule has 2 aliphatic heterocycles. The second-order valence-electron chi connectivity index (χ2n) is 20.6. The molecule has 0 radical (unpaired) electrons. The highest BCUT2D eigenvalue weighted by atomic mass is 35.5. The number of hydrogen-bond donors (Lipinski definition) is 10. The number of carbonyl (C=O) groups is 3. The maximum Gasteiger partial charge on any atom is 0.338 e. The molecule has 0 amide bonds. The number of esters is 3. The smallest absolute Gasteiger partial charge is 0.338 e. The number of ether oxygens (including phenoxy) is 8. The van der Waals surface area contributed by atoms with E-state index in [1.54, 1.807) is 91.0 Å². The Morgan fingerprint density at radius 2 is 0.910 bits per heavy atom. The average Bonchev–Trinajstić information content (AvgIpc) is 1.61. The van der Waals surface area contributed by atoms with Gasteiger partial charge in [-0.05, 0) is 59.6 Å². The van der Waals surface area contributed by atoms with Crippen LogP contribution in [-0.4, -0.2) is 203 Å². The number of rotatable bonds is 13. The topological polar surface area (TPSA) is 540 Å². The number of aromatic nitrogens is 20. The Bertz CT molecular complexity index is 4920. The van der Waals surface area contributed by atoms with Gasteiger partial charge in [-0.1, -0.05) is 66.2 Å². The molecule has 14 N–H and O–H groups in total. The van der Waals surface area contributed by atoms with Gasteiger partial charge >= 0.3 is 35.9 Å². The molecule has 0 saturated carbocycles. The zero-order valence-electron chi connectivity index (χ0n) is 52.0. The van der Waals surface area contributed by atoms with Crippen LogP contribution in [0.2, 0.25) is 15.7 Å². The lowest BCUT2D eigenvalue weighted by Gasteiger charge is -2.25. The van der Waals surface area contributed by atoms with Gasteiger partial charge in [0.05, 0.1) is 76.3 Å². The molecule has 0 aliphatic carbocycles. The number of H-pyrrole nitrogens is 3. The Kier molecular flexibility index (Phi) is 21.6. The van der Waals surface area contributed by atoms with Crippen molar-refractivity contribution < 1.29 is 67.6 Å². The van der Waals surface area contributed by atoms with E-state index in [9.17, 15) is 24.6 Å². The molecule has 2 aliphatic rings. The quantitative estimate of drug-likeness (QED) is 0.0339. The number of methoxy groups -OCH3 is 3. The molecule has 10 aromatic heterocycles. The fourth-order valence-corrected chi connectivity index (χ4v) is 10.3. The summed E-state index contributed by atoms with van der Waals surface area (Å²) >= 11 is 16.7. The molecule has 516 valence electrons. The minimum Gasteiger partial charge on any atom is -0.467 e. The van der Waals surface area contributed by atoms with Gasteiger partial charge in [0, 0.05) is 0 Å². The first-order chi connectivity index (χ1) is 48.3. The van der Waals surface area contributed by atoms with Crippen LogP contribution >= 0.6 is 34.8 Å². The van der Waals surface area contributed by atoms with Crippen LogP contribution in [0.15, 0.2) is 123 Å². The van der Waals surface area contributed by atoms with Crippen LogP contribution in [0.5, 0.6) is 18.0 Å². The third-order valence-electron chi connectivity index (χ3n) is 14.4. The van der Waals surface area contributed by atoms with Gasteiger partial charge in [0.15, 0.2) is 92.4 Å². The zero-order valence-corrected chi connectivity index (χ0v) is 54.2. The lowest BCUT2D eigenvalue weighted by atomic mass is 10.1. The summed E-state index contributed by atoms with van der Waals surface area (Å²) in [5.41, 5.74) is 28.2. The third-order valence-corrected chi connectivity index (χ3v) is 15.1. The zero-order chi connectivity index (χ0) is 70.7. The number of imidazole rings is 5. The fraction of sp³-hybridized carbons (Fsp3) is 0.220. The van der Waals surface area contributed by atoms with E-state index in [0.717, 1.165) is 0 Å². The minimum absolute atomic E-state index is 0.0297. The SMILES string of the molecule is COc1nc(N)c2[nH]cnc2n1.COc1nc(N)c2ncn(C3OC(CO)C(O)C3O)c2n1.COc1nc(N)c2ncn(C3OC(COC(=O)c4ccccc4)C(OC(=O)c4ccccc4)C3OC(=O)c3ccccc3)c2n1.Clc1nc(Cl)c2[nH]cnc2n1.Nc1nc(Cl)nc2nc[nH]c12. The van der Waals surface area contributed by atoms with Crippen LogP contribution in [0, 0.1) is 0 Å². The van der Waals surface area contributed by atoms with E-state index in [4.69, 9.17) is 101 Å². The summed E-state index contributed by atoms with van der Waals surface area (Å²) in [5, 5.41) is 29.5. The molecular weight excluding hydrogens is 1380 g/mol. The van der Waals surface area contributed by atoms with Gasteiger partial charge in [-0.2, -0.15) is 44.9 Å². The predicted molar refractivity (Wildman–Crippen MR) is 353 cm³/mol. The number of nitrogens with zero attached hydrogens (tertiary/aromatic N) is 17. The van der Waals surface area contributed by atoms with E-state index in [2.05, 4.69) is 89.7 Å². The second-order valence-corrected chi connectivity index (χ2v) is 21.7. The standard InChI is InChI=1S/C32H27N5O8.C11H15N5O5.C6H7N5O.C5H2Cl2N4.C5H4ClN5/c1-41-32-35-26(33)23-27(36-32)37(18-34-23)28-25(45-31(40)21-15-9-4-10-16-21)24(44-30(39)20-13-7-3-8-14-20)22(43-28)17-42-29(38)19-11-5-2-6-12-19;1-20-11-14-8(12)5-9(15-11)16(3-13-5)10-7(19)6(18)4(2-17)21-10;1-12-6-10-4(7)3-5(11-6)9-2-8-3;6-3-2-4(9-1-8-2)11-5(7)10-3;6-5-10-3(7)2-4(11-5)9-1-8-2/h2-16,18,22,24-25,28H,17H2,1H3,(H2,33,35,36);3-4,6-7,10,17-19H,2H2,1H3,(H2,12,14,15);2H,1H3,(H3,7,8,9,10,11);1H,(H,8,9,10,11);1H,(H3,7,8,9,10,11). The summed E-state index contributed by atoms with van der Waals surface area (Å²) in [5.74, 6) is -1.19. The molecule has 15 rings (SSSR count). The number of benzene rings is 3. The van der Waals surface area contributed by atoms with Gasteiger partial charge in [-0.3, -0.25) is 9.13 Å². The molecule has 12 heterocycles. The van der Waals surface area contributed by atoms with E-state index in [0.29, 0.717) is 61.9 Å². The number of hydrogen-bond acceptors (Lipinski definition) is 33. The molecule has 0 spiro atoms. The van der Waals surface area contributed by atoms with Crippen molar-refractivity contribution >= 4 is 132 Å². The molecule has 38 nitrogen and oxygen atoms in total. The summed E-state index contributed by atoms with van der Waals surface area (Å²) in [6.07, 6.45) is -1.76. The van der Waals surface area contributed by atoms with Crippen molar-refractivity contribution in [2.24, 2.45) is 0 Å². The van der Waals surface area contributed by atoms with Crippen LogP contribution in [0.25, 0.3) is 55.8 Å². The molecule has 13 aromatic rings. The van der Waals surface area contributed by atoms with Crippen molar-refractivity contribution in [2.75, 3.05) is 57.5 Å². The lowest BCUT2D eigenvalue weighted by Crippen LogP contribution is -2.41. The highest BCUT2D eigenvalue weighted by Crippen LogP contribution is 2.38. The van der Waals surface area contributed by atoms with Gasteiger partial charge in [-0.25, -0.2) is 44.3 Å². The molecule has 8 unspecified atom stereocenters. The van der Waals surface area contributed by atoms with E-state index in [1.807, 2.05) is 0 Å². The Hall–Kier alpha value is -11.9. The monoisotopic (exact) mass is 1430 g/mol. The molecule has 3 aromatic carbocycles. The van der Waals surface area contributed by atoms with E-state index < -0.39 is 73.6 Å². The molecule has 100 heavy (non-hydrogen) atoms. The van der Waals surface area contributed by atoms with Crippen molar-refractivity contribution in [1.82, 2.24) is 98.8 Å². The van der Waals surface area contributed by atoms with Crippen LogP contribution in [-0.2, 0) is 23.7 Å². The Labute approximate surface area is 575 Å². The predicted octanol–water partition coefficient (Wildman–Crippen LogP) is 3.84. The maximum atomic E-state index is 13.4. The Balaban J connectivity index is 0.000000148. The number of carbonyl (C=O) groups excluding carboxylic acids is 3. The van der Waals surface area contributed by atoms with Gasteiger partial charge in [0.1, 0.15) is 47.6 Å². The van der Waals surface area contributed by atoms with Crippen molar-refractivity contribution in [1.29, 1.82) is 0 Å². The number of nitrogens with two attached hydrogens (primary N) is 4. The second kappa shape index (κ2) is 31.1. The average molecular weight is 1430 g/mol. The van der Waals surface area contributed by atoms with Gasteiger partial charge in [0.2, 0.25) is 10.6 Å². The number of aromatic amines is 3. The summed E-state index contributed by atoms with van der Waals surface area (Å²) in [4.78, 5) is 107. The first-order valence-electron chi connectivity index (χ1n) is 29.1. The highest BCUT2D eigenvalue weighted by Gasteiger charge is 2.52. The Morgan fingerprint density at radius 3 is 1.41 bits per heavy atom. The maximum absolute atomic E-state index is 13.4. The molecule has 2 fully saturated rings. The first-order valence-corrected chi connectivity index (χ1v) is 30.2. The van der Waals surface area contributed by atoms with Crippen molar-refractivity contribution in [3.05, 3.63) is 155 Å². The number of aliphatic hydroxyl groups excluding tert-OH is 3. The lowest BCUT2D eigenvalue weighted by molar-refractivity contribution is -0.0606. The van der Waals surface area contributed by atoms with Crippen molar-refractivity contribution in [3.8, 4) is 18.0 Å². The molecular formula is C59H55Cl3N24O14. The summed E-state index contributed by atoms with van der Waals surface area (Å²) in [6, 6.07) is 25.2. The number of nitrogen functional groups attached to an aromatic ring is 4. The van der Waals surface area contributed by atoms with Gasteiger partial charge < -0.3 is 91.1 Å². The van der Waals surface area contributed by atoms with Crippen LogP contribution in [0.3, 0.4) is 0 Å². The summed E-state index contributed by atoms with van der Waals surface area (Å²) < 4.78 is 47.2. The third kappa shape index (κ3) is 15.4. The molecule has 8 atom stereocenters. The summed E-state index contributed by atoms with van der Waals surface area (Å²) in [6.45, 7) is -0.759. The highest BCUT2D eigenvalue weighted by molar-refractivity contribution is 6.35. The minimum atomic E-state index is -1.26. The van der Waals surface area contributed by atoms with Crippen LogP contribution < -0.4 is 37.1 Å². The largest absolute Gasteiger partial charge is 0.467 e. The van der Waals surface area contributed by atoms with Crippen LogP contribution in [0.4, 0.5) is 23.3 Å². The van der Waals surface area contributed by atoms with Crippen molar-refractivity contribution in [3.63, 3.8) is 0 Å². The molecule has 0 bridgehead atoms.